The SMILES string of the molecule is NCC1CCCC1NC(=O)CCc1ccc(Cl)s1. The lowest BCUT2D eigenvalue weighted by Gasteiger charge is -2.19. The van der Waals surface area contributed by atoms with E-state index in [-0.39, 0.29) is 11.9 Å². The smallest absolute Gasteiger partial charge is 0.220 e. The molecule has 1 aliphatic carbocycles. The molecule has 0 spiro atoms. The van der Waals surface area contributed by atoms with Crippen molar-refractivity contribution in [3.05, 3.63) is 21.3 Å². The van der Waals surface area contributed by atoms with Crippen LogP contribution in [0.3, 0.4) is 0 Å². The molecule has 18 heavy (non-hydrogen) atoms. The Morgan fingerprint density at radius 2 is 2.33 bits per heavy atom. The molecule has 0 aromatic carbocycles. The average molecular weight is 287 g/mol. The van der Waals surface area contributed by atoms with Crippen LogP contribution in [0.1, 0.15) is 30.6 Å². The maximum atomic E-state index is 11.9. The summed E-state index contributed by atoms with van der Waals surface area (Å²) in [5.74, 6) is 0.593. The van der Waals surface area contributed by atoms with Gasteiger partial charge in [-0.05, 0) is 43.9 Å². The first-order valence-electron chi connectivity index (χ1n) is 6.42. The zero-order chi connectivity index (χ0) is 13.0. The number of aryl methyl sites for hydroxylation is 1. The maximum absolute atomic E-state index is 11.9. The highest BCUT2D eigenvalue weighted by molar-refractivity contribution is 7.16. The van der Waals surface area contributed by atoms with E-state index in [1.165, 1.54) is 6.42 Å². The Balaban J connectivity index is 1.75. The molecule has 1 aromatic rings. The molecule has 0 bridgehead atoms. The van der Waals surface area contributed by atoms with Crippen LogP contribution in [-0.2, 0) is 11.2 Å². The van der Waals surface area contributed by atoms with E-state index >= 15 is 0 Å². The Morgan fingerprint density at radius 1 is 1.50 bits per heavy atom. The summed E-state index contributed by atoms with van der Waals surface area (Å²) >= 11 is 7.40. The van der Waals surface area contributed by atoms with Crippen molar-refractivity contribution in [1.82, 2.24) is 5.32 Å². The van der Waals surface area contributed by atoms with E-state index < -0.39 is 0 Å². The lowest BCUT2D eigenvalue weighted by molar-refractivity contribution is -0.121. The molecule has 0 aliphatic heterocycles. The molecule has 2 unspecified atom stereocenters. The first-order chi connectivity index (χ1) is 8.69. The fraction of sp³-hybridized carbons (Fsp3) is 0.615. The molecule has 1 amide bonds. The average Bonchev–Trinajstić information content (AvgIpc) is 2.95. The van der Waals surface area contributed by atoms with Crippen LogP contribution in [0, 0.1) is 5.92 Å². The zero-order valence-corrected chi connectivity index (χ0v) is 11.9. The fourth-order valence-corrected chi connectivity index (χ4v) is 3.60. The minimum atomic E-state index is 0.130. The summed E-state index contributed by atoms with van der Waals surface area (Å²) < 4.78 is 0.782. The van der Waals surface area contributed by atoms with Crippen LogP contribution < -0.4 is 11.1 Å². The molecule has 3 nitrogen and oxygen atoms in total. The summed E-state index contributed by atoms with van der Waals surface area (Å²) in [5, 5.41) is 3.11. The third-order valence-corrected chi connectivity index (χ3v) is 4.83. The van der Waals surface area contributed by atoms with E-state index in [0.29, 0.717) is 18.9 Å². The van der Waals surface area contributed by atoms with E-state index in [2.05, 4.69) is 5.32 Å². The normalized spacial score (nSPS) is 23.2. The predicted octanol–water partition coefficient (Wildman–Crippen LogP) is 2.58. The van der Waals surface area contributed by atoms with Crippen molar-refractivity contribution in [2.75, 3.05) is 6.54 Å². The fourth-order valence-electron chi connectivity index (χ4n) is 2.51. The first-order valence-corrected chi connectivity index (χ1v) is 7.62. The summed E-state index contributed by atoms with van der Waals surface area (Å²) in [7, 11) is 0. The van der Waals surface area contributed by atoms with Gasteiger partial charge in [-0.15, -0.1) is 11.3 Å². The van der Waals surface area contributed by atoms with Crippen LogP contribution in [-0.4, -0.2) is 18.5 Å². The van der Waals surface area contributed by atoms with Gasteiger partial charge in [-0.25, -0.2) is 0 Å². The molecule has 1 aromatic heterocycles. The third-order valence-electron chi connectivity index (χ3n) is 3.54. The monoisotopic (exact) mass is 286 g/mol. The van der Waals surface area contributed by atoms with Gasteiger partial charge in [0.15, 0.2) is 0 Å². The topological polar surface area (TPSA) is 55.1 Å². The Kier molecular flexibility index (Phi) is 5.03. The molecule has 1 saturated carbocycles. The molecule has 3 N–H and O–H groups in total. The first kappa shape index (κ1) is 13.8. The van der Waals surface area contributed by atoms with Gasteiger partial charge in [0.1, 0.15) is 0 Å². The number of carbonyl (C=O) groups is 1. The number of nitrogens with one attached hydrogen (secondary N) is 1. The van der Waals surface area contributed by atoms with Crippen molar-refractivity contribution in [2.45, 2.75) is 38.1 Å². The van der Waals surface area contributed by atoms with Gasteiger partial charge in [0.25, 0.3) is 0 Å². The number of thiophene rings is 1. The van der Waals surface area contributed by atoms with Crippen LogP contribution in [0.4, 0.5) is 0 Å². The van der Waals surface area contributed by atoms with Crippen LogP contribution >= 0.6 is 22.9 Å². The van der Waals surface area contributed by atoms with Crippen molar-refractivity contribution in [3.63, 3.8) is 0 Å². The molecule has 2 atom stereocenters. The van der Waals surface area contributed by atoms with Crippen LogP contribution in [0.25, 0.3) is 0 Å². The number of rotatable bonds is 5. The van der Waals surface area contributed by atoms with Crippen molar-refractivity contribution in [1.29, 1.82) is 0 Å². The summed E-state index contributed by atoms with van der Waals surface area (Å²) in [6, 6.07) is 4.15. The highest BCUT2D eigenvalue weighted by Gasteiger charge is 2.26. The highest BCUT2D eigenvalue weighted by Crippen LogP contribution is 2.25. The van der Waals surface area contributed by atoms with Gasteiger partial charge in [-0.3, -0.25) is 4.79 Å². The van der Waals surface area contributed by atoms with Crippen LogP contribution in [0.15, 0.2) is 12.1 Å². The lowest BCUT2D eigenvalue weighted by Crippen LogP contribution is -2.39. The lowest BCUT2D eigenvalue weighted by atomic mass is 10.0. The van der Waals surface area contributed by atoms with Gasteiger partial charge in [-0.1, -0.05) is 18.0 Å². The highest BCUT2D eigenvalue weighted by atomic mass is 35.5. The molecule has 5 heteroatoms. The van der Waals surface area contributed by atoms with Gasteiger partial charge in [-0.2, -0.15) is 0 Å². The van der Waals surface area contributed by atoms with Crippen LogP contribution in [0.2, 0.25) is 4.34 Å². The summed E-state index contributed by atoms with van der Waals surface area (Å²) in [6.07, 6.45) is 4.68. The molecule has 1 fully saturated rings. The Bertz CT molecular complexity index is 407. The molecular formula is C13H19ClN2OS. The van der Waals surface area contributed by atoms with E-state index in [1.54, 1.807) is 11.3 Å². The Hall–Kier alpha value is -0.580. The summed E-state index contributed by atoms with van der Waals surface area (Å²) in [6.45, 7) is 0.672. The Morgan fingerprint density at radius 3 is 3.00 bits per heavy atom. The number of halogens is 1. The van der Waals surface area contributed by atoms with E-state index in [4.69, 9.17) is 17.3 Å². The standard InChI is InChI=1S/C13H19ClN2OS/c14-12-6-4-10(18-12)5-7-13(17)16-11-3-1-2-9(11)8-15/h4,6,9,11H,1-3,5,7-8,15H2,(H,16,17). The second-order valence-corrected chi connectivity index (χ2v) is 6.61. The maximum Gasteiger partial charge on any atom is 0.220 e. The van der Waals surface area contributed by atoms with Crippen molar-refractivity contribution >= 4 is 28.8 Å². The minimum Gasteiger partial charge on any atom is -0.353 e. The van der Waals surface area contributed by atoms with Gasteiger partial charge < -0.3 is 11.1 Å². The number of hydrogen-bond acceptors (Lipinski definition) is 3. The molecular weight excluding hydrogens is 268 g/mol. The minimum absolute atomic E-state index is 0.130. The quantitative estimate of drug-likeness (QED) is 0.874. The predicted molar refractivity (Wildman–Crippen MR) is 76.0 cm³/mol. The van der Waals surface area contributed by atoms with Gasteiger partial charge in [0, 0.05) is 17.3 Å². The third kappa shape index (κ3) is 3.70. The largest absolute Gasteiger partial charge is 0.353 e. The van der Waals surface area contributed by atoms with Gasteiger partial charge in [0.05, 0.1) is 4.34 Å². The van der Waals surface area contributed by atoms with Gasteiger partial charge in [0.2, 0.25) is 5.91 Å². The molecule has 1 aliphatic rings. The zero-order valence-electron chi connectivity index (χ0n) is 10.3. The number of nitrogens with two attached hydrogens (primary N) is 1. The second-order valence-electron chi connectivity index (χ2n) is 4.81. The van der Waals surface area contributed by atoms with Crippen molar-refractivity contribution in [3.8, 4) is 0 Å². The van der Waals surface area contributed by atoms with Gasteiger partial charge >= 0.3 is 0 Å². The molecule has 100 valence electrons. The van der Waals surface area contributed by atoms with E-state index in [1.807, 2.05) is 12.1 Å². The molecule has 2 rings (SSSR count). The summed E-state index contributed by atoms with van der Waals surface area (Å²) in [5.41, 5.74) is 5.70. The van der Waals surface area contributed by atoms with Crippen molar-refractivity contribution < 1.29 is 4.79 Å². The number of carbonyl (C=O) groups excluding carboxylic acids is 1. The number of amides is 1. The van der Waals surface area contributed by atoms with E-state index in [9.17, 15) is 4.79 Å². The summed E-state index contributed by atoms with van der Waals surface area (Å²) in [4.78, 5) is 13.0. The Labute approximate surface area is 117 Å². The van der Waals surface area contributed by atoms with E-state index in [0.717, 1.165) is 28.5 Å². The molecule has 0 radical (unpaired) electrons. The van der Waals surface area contributed by atoms with Crippen molar-refractivity contribution in [2.24, 2.45) is 11.7 Å². The molecule has 1 heterocycles. The number of hydrogen-bond donors (Lipinski definition) is 2. The molecule has 0 saturated heterocycles. The second kappa shape index (κ2) is 6.55. The van der Waals surface area contributed by atoms with Crippen LogP contribution in [0.5, 0.6) is 0 Å².